The average molecular weight is 383 g/mol. The fourth-order valence-corrected chi connectivity index (χ4v) is 4.31. The van der Waals surface area contributed by atoms with Crippen LogP contribution in [0.1, 0.15) is 35.8 Å². The number of hydrogen-bond acceptors (Lipinski definition) is 4. The lowest BCUT2D eigenvalue weighted by Gasteiger charge is -2.33. The molecule has 6 nitrogen and oxygen atoms in total. The van der Waals surface area contributed by atoms with Crippen molar-refractivity contribution in [2.75, 3.05) is 18.0 Å². The highest BCUT2D eigenvalue weighted by Gasteiger charge is 2.25. The van der Waals surface area contributed by atoms with E-state index in [2.05, 4.69) is 45.9 Å². The molecule has 0 radical (unpaired) electrons. The number of imidazole rings is 1. The Kier molecular flexibility index (Phi) is 4.88. The maximum atomic E-state index is 5.90. The van der Waals surface area contributed by atoms with E-state index in [1.54, 1.807) is 6.33 Å². The van der Waals surface area contributed by atoms with Gasteiger partial charge < -0.3 is 9.88 Å². The van der Waals surface area contributed by atoms with Crippen molar-refractivity contribution in [1.29, 1.82) is 0 Å². The predicted octanol–water partition coefficient (Wildman–Crippen LogP) is 3.53. The molecular weight excluding hydrogens is 356 g/mol. The molecule has 0 bridgehead atoms. The van der Waals surface area contributed by atoms with Gasteiger partial charge in [0.2, 0.25) is 0 Å². The molecule has 1 aliphatic heterocycles. The van der Waals surface area contributed by atoms with Crippen LogP contribution >= 0.6 is 10.7 Å². The normalized spacial score (nSPS) is 16.6. The van der Waals surface area contributed by atoms with Crippen molar-refractivity contribution in [3.05, 3.63) is 53.7 Å². The lowest BCUT2D eigenvalue weighted by molar-refractivity contribution is 0.490. The zero-order valence-corrected chi connectivity index (χ0v) is 16.7. The molecule has 0 saturated carbocycles. The number of nitrogens with two attached hydrogens (primary N) is 1. The Balaban J connectivity index is 1.55. The average Bonchev–Trinajstić information content (AvgIpc) is 3.27. The van der Waals surface area contributed by atoms with Crippen LogP contribution in [0.3, 0.4) is 0 Å². The second-order valence-electron chi connectivity index (χ2n) is 7.15. The first kappa shape index (κ1) is 18.0. The summed E-state index contributed by atoms with van der Waals surface area (Å²) in [7, 11) is -0.467. The summed E-state index contributed by atoms with van der Waals surface area (Å²) >= 11 is 0. The Morgan fingerprint density at radius 1 is 1.19 bits per heavy atom. The van der Waals surface area contributed by atoms with E-state index in [0.717, 1.165) is 48.0 Å². The molecule has 4 rings (SSSR count). The summed E-state index contributed by atoms with van der Waals surface area (Å²) in [5.74, 6) is 5.59. The van der Waals surface area contributed by atoms with Gasteiger partial charge in [-0.3, -0.25) is 5.14 Å². The molecule has 2 aromatic heterocycles. The lowest BCUT2D eigenvalue weighted by Crippen LogP contribution is -2.34. The Morgan fingerprint density at radius 2 is 1.89 bits per heavy atom. The van der Waals surface area contributed by atoms with Crippen molar-refractivity contribution in [2.24, 2.45) is 5.14 Å². The summed E-state index contributed by atoms with van der Waals surface area (Å²) in [6, 6.07) is 10.4. The molecule has 3 heterocycles. The Hall–Kier alpha value is -2.38. The van der Waals surface area contributed by atoms with Crippen LogP contribution in [0.15, 0.2) is 41.6 Å². The minimum absolute atomic E-state index is 0.467. The molecule has 1 atom stereocenters. The summed E-state index contributed by atoms with van der Waals surface area (Å²) in [5, 5.41) is 10.6. The van der Waals surface area contributed by atoms with Gasteiger partial charge in [0.05, 0.1) is 23.4 Å². The highest BCUT2D eigenvalue weighted by Crippen LogP contribution is 2.32. The third-order valence-corrected chi connectivity index (χ3v) is 6.15. The zero-order chi connectivity index (χ0) is 19.0. The maximum Gasteiger partial charge on any atom is 0.132 e. The summed E-state index contributed by atoms with van der Waals surface area (Å²) in [6.07, 6.45) is 4.01. The molecule has 0 aliphatic carbocycles. The highest BCUT2D eigenvalue weighted by molar-refractivity contribution is 8.12. The standard InChI is InChI=1S/C20H26N6S/c1-14-12-19(26(24-14)17-4-6-18(7-5-17)27(3)21)25-10-8-16(9-11-25)20-15(2)22-13-23-20/h4-7,12-13,16H,3,8-11,21H2,1-2H3,(H,22,23). The summed E-state index contributed by atoms with van der Waals surface area (Å²) in [5.41, 5.74) is 4.49. The fraction of sp³-hybridized carbons (Fsp3) is 0.350. The third kappa shape index (κ3) is 3.57. The van der Waals surface area contributed by atoms with Gasteiger partial charge in [-0.25, -0.2) is 9.67 Å². The predicted molar refractivity (Wildman–Crippen MR) is 113 cm³/mol. The van der Waals surface area contributed by atoms with Crippen LogP contribution in [0.4, 0.5) is 5.82 Å². The number of aromatic nitrogens is 4. The molecule has 1 fully saturated rings. The molecule has 142 valence electrons. The van der Waals surface area contributed by atoms with Gasteiger partial charge in [-0.15, -0.1) is 0 Å². The maximum absolute atomic E-state index is 5.90. The van der Waals surface area contributed by atoms with E-state index in [1.165, 1.54) is 11.4 Å². The molecule has 27 heavy (non-hydrogen) atoms. The third-order valence-electron chi connectivity index (χ3n) is 5.27. The SMILES string of the molecule is C=S(N)c1ccc(-n2nc(C)cc2N2CCC(c3nc[nH]c3C)CC2)cc1. The van der Waals surface area contributed by atoms with Crippen molar-refractivity contribution in [3.63, 3.8) is 0 Å². The van der Waals surface area contributed by atoms with Gasteiger partial charge in [0.15, 0.2) is 0 Å². The first-order valence-corrected chi connectivity index (χ1v) is 10.7. The first-order valence-electron chi connectivity index (χ1n) is 9.23. The van der Waals surface area contributed by atoms with Gasteiger partial charge >= 0.3 is 0 Å². The lowest BCUT2D eigenvalue weighted by atomic mass is 9.92. The van der Waals surface area contributed by atoms with E-state index in [4.69, 9.17) is 10.2 Å². The van der Waals surface area contributed by atoms with E-state index in [-0.39, 0.29) is 0 Å². The topological polar surface area (TPSA) is 75.8 Å². The number of H-pyrrole nitrogens is 1. The number of aromatic amines is 1. The summed E-state index contributed by atoms with van der Waals surface area (Å²) < 4.78 is 2.04. The second-order valence-corrected chi connectivity index (χ2v) is 8.48. The Labute approximate surface area is 162 Å². The Morgan fingerprint density at radius 3 is 2.48 bits per heavy atom. The number of nitrogens with one attached hydrogen (secondary N) is 1. The van der Waals surface area contributed by atoms with Crippen LogP contribution < -0.4 is 10.0 Å². The van der Waals surface area contributed by atoms with Crippen LogP contribution in [-0.4, -0.2) is 38.7 Å². The van der Waals surface area contributed by atoms with Gasteiger partial charge in [-0.05, 0) is 51.0 Å². The zero-order valence-electron chi connectivity index (χ0n) is 15.9. The number of aryl methyl sites for hydroxylation is 2. The summed E-state index contributed by atoms with van der Waals surface area (Å²) in [6.45, 7) is 6.16. The molecule has 1 aliphatic rings. The fourth-order valence-electron chi connectivity index (χ4n) is 3.83. The van der Waals surface area contributed by atoms with E-state index >= 15 is 0 Å². The van der Waals surface area contributed by atoms with Crippen molar-refractivity contribution >= 4 is 22.4 Å². The number of benzene rings is 1. The number of hydrogen-bond donors (Lipinski definition) is 2. The van der Waals surface area contributed by atoms with Gasteiger partial charge in [-0.2, -0.15) is 5.10 Å². The quantitative estimate of drug-likeness (QED) is 0.677. The van der Waals surface area contributed by atoms with Crippen molar-refractivity contribution in [1.82, 2.24) is 19.7 Å². The first-order chi connectivity index (χ1) is 13.0. The molecule has 1 aromatic carbocycles. The van der Waals surface area contributed by atoms with Crippen LogP contribution in [0.25, 0.3) is 5.69 Å². The van der Waals surface area contributed by atoms with Gasteiger partial charge in [-0.1, -0.05) is 16.5 Å². The van der Waals surface area contributed by atoms with E-state index < -0.39 is 10.7 Å². The van der Waals surface area contributed by atoms with Crippen molar-refractivity contribution in [3.8, 4) is 5.69 Å². The Bertz CT molecular complexity index is 947. The number of nitrogens with zero attached hydrogens (tertiary/aromatic N) is 4. The van der Waals surface area contributed by atoms with Gasteiger partial charge in [0.25, 0.3) is 0 Å². The molecule has 0 spiro atoms. The molecule has 7 heteroatoms. The monoisotopic (exact) mass is 382 g/mol. The van der Waals surface area contributed by atoms with Crippen molar-refractivity contribution < 1.29 is 0 Å². The molecule has 3 N–H and O–H groups in total. The van der Waals surface area contributed by atoms with Crippen LogP contribution in [0.2, 0.25) is 0 Å². The van der Waals surface area contributed by atoms with Crippen molar-refractivity contribution in [2.45, 2.75) is 37.5 Å². The number of anilines is 1. The largest absolute Gasteiger partial charge is 0.356 e. The van der Waals surface area contributed by atoms with Gasteiger partial charge in [0, 0.05) is 35.7 Å². The molecular formula is C20H26N6S. The van der Waals surface area contributed by atoms with E-state index in [0.29, 0.717) is 5.92 Å². The molecule has 0 amide bonds. The molecule has 1 saturated heterocycles. The summed E-state index contributed by atoms with van der Waals surface area (Å²) in [4.78, 5) is 11.2. The van der Waals surface area contributed by atoms with Crippen LogP contribution in [0, 0.1) is 13.8 Å². The molecule has 3 aromatic rings. The minimum atomic E-state index is -0.467. The highest BCUT2D eigenvalue weighted by atomic mass is 32.2. The van der Waals surface area contributed by atoms with Crippen LogP contribution in [0.5, 0.6) is 0 Å². The van der Waals surface area contributed by atoms with Crippen LogP contribution in [-0.2, 0) is 0 Å². The van der Waals surface area contributed by atoms with E-state index in [1.807, 2.05) is 23.7 Å². The minimum Gasteiger partial charge on any atom is -0.356 e. The number of piperidine rings is 1. The molecule has 1 unspecified atom stereocenters. The number of rotatable bonds is 4. The smallest absolute Gasteiger partial charge is 0.132 e. The van der Waals surface area contributed by atoms with Gasteiger partial charge in [0.1, 0.15) is 5.82 Å². The second kappa shape index (κ2) is 7.32. The van der Waals surface area contributed by atoms with E-state index in [9.17, 15) is 0 Å².